The number of thiophene rings is 1. The molecule has 4 heteroatoms. The molecule has 21 heavy (non-hydrogen) atoms. The molecule has 0 radical (unpaired) electrons. The number of halogens is 1. The Balaban J connectivity index is 1.79. The maximum Gasteiger partial charge on any atom is 0.137 e. The Morgan fingerprint density at radius 3 is 2.57 bits per heavy atom. The summed E-state index contributed by atoms with van der Waals surface area (Å²) in [4.78, 5) is 6.68. The van der Waals surface area contributed by atoms with Crippen LogP contribution >= 0.6 is 11.3 Å². The van der Waals surface area contributed by atoms with Crippen molar-refractivity contribution in [3.63, 3.8) is 0 Å². The molecule has 0 N–H and O–H groups in total. The maximum atomic E-state index is 13.0. The molecule has 0 amide bonds. The van der Waals surface area contributed by atoms with E-state index in [1.807, 2.05) is 30.6 Å². The van der Waals surface area contributed by atoms with Crippen LogP contribution in [0.3, 0.4) is 0 Å². The van der Waals surface area contributed by atoms with Crippen molar-refractivity contribution in [1.29, 1.82) is 0 Å². The fourth-order valence-corrected chi connectivity index (χ4v) is 3.38. The Kier molecular flexibility index (Phi) is 2.82. The second-order valence-corrected chi connectivity index (χ2v) is 5.83. The van der Waals surface area contributed by atoms with Gasteiger partial charge in [-0.1, -0.05) is 18.2 Å². The molecule has 0 spiro atoms. The molecule has 0 aliphatic rings. The number of pyridine rings is 1. The highest BCUT2D eigenvalue weighted by Gasteiger charge is 2.09. The largest absolute Gasteiger partial charge is 0.299 e. The fraction of sp³-hybridized carbons (Fsp3) is 0. The first kappa shape index (κ1) is 12.3. The molecule has 0 aliphatic carbocycles. The van der Waals surface area contributed by atoms with Crippen LogP contribution in [0.2, 0.25) is 0 Å². The molecule has 3 aromatic heterocycles. The minimum atomic E-state index is -0.211. The van der Waals surface area contributed by atoms with Crippen LogP contribution < -0.4 is 0 Å². The van der Waals surface area contributed by atoms with Crippen molar-refractivity contribution >= 4 is 17.0 Å². The Morgan fingerprint density at radius 1 is 0.905 bits per heavy atom. The van der Waals surface area contributed by atoms with Gasteiger partial charge in [-0.2, -0.15) is 0 Å². The van der Waals surface area contributed by atoms with Gasteiger partial charge >= 0.3 is 0 Å². The van der Waals surface area contributed by atoms with Crippen LogP contribution in [0, 0.1) is 5.82 Å². The van der Waals surface area contributed by atoms with Gasteiger partial charge in [0.05, 0.1) is 16.8 Å². The summed E-state index contributed by atoms with van der Waals surface area (Å²) < 4.78 is 15.1. The van der Waals surface area contributed by atoms with E-state index in [0.29, 0.717) is 0 Å². The van der Waals surface area contributed by atoms with E-state index in [9.17, 15) is 4.39 Å². The monoisotopic (exact) mass is 294 g/mol. The summed E-state index contributed by atoms with van der Waals surface area (Å²) in [6, 6.07) is 16.7. The minimum absolute atomic E-state index is 0.211. The van der Waals surface area contributed by atoms with E-state index < -0.39 is 0 Å². The van der Waals surface area contributed by atoms with Crippen molar-refractivity contribution in [3.8, 4) is 21.0 Å². The molecule has 4 aromatic rings. The van der Waals surface area contributed by atoms with Gasteiger partial charge in [-0.15, -0.1) is 11.3 Å². The van der Waals surface area contributed by atoms with E-state index in [-0.39, 0.29) is 5.82 Å². The summed E-state index contributed by atoms with van der Waals surface area (Å²) in [5, 5.41) is 0. The molecular formula is C17H11FN2S. The van der Waals surface area contributed by atoms with Crippen molar-refractivity contribution in [2.75, 3.05) is 0 Å². The van der Waals surface area contributed by atoms with Gasteiger partial charge < -0.3 is 0 Å². The second-order valence-electron chi connectivity index (χ2n) is 4.74. The third-order valence-electron chi connectivity index (χ3n) is 3.40. The Bertz CT molecular complexity index is 906. The summed E-state index contributed by atoms with van der Waals surface area (Å²) >= 11 is 1.68. The predicted octanol–water partition coefficient (Wildman–Crippen LogP) is 4.87. The van der Waals surface area contributed by atoms with Crippen molar-refractivity contribution in [1.82, 2.24) is 9.38 Å². The standard InChI is InChI=1S/C17H11FN2S/c18-13-6-4-12(5-7-13)15-8-9-16(21-15)14-11-19-17-3-1-2-10-20(14)17/h1-11H. The molecule has 3 heterocycles. The van der Waals surface area contributed by atoms with E-state index in [2.05, 4.69) is 21.5 Å². The van der Waals surface area contributed by atoms with Gasteiger partial charge in [0.1, 0.15) is 11.5 Å². The zero-order valence-electron chi connectivity index (χ0n) is 11.0. The lowest BCUT2D eigenvalue weighted by atomic mass is 10.2. The van der Waals surface area contributed by atoms with Gasteiger partial charge in [0.15, 0.2) is 0 Å². The summed E-state index contributed by atoms with van der Waals surface area (Å²) in [7, 11) is 0. The molecule has 0 aliphatic heterocycles. The normalized spacial score (nSPS) is 11.1. The zero-order chi connectivity index (χ0) is 14.2. The van der Waals surface area contributed by atoms with Gasteiger partial charge in [-0.25, -0.2) is 9.37 Å². The van der Waals surface area contributed by atoms with Crippen LogP contribution in [-0.4, -0.2) is 9.38 Å². The van der Waals surface area contributed by atoms with E-state index >= 15 is 0 Å². The molecule has 102 valence electrons. The van der Waals surface area contributed by atoms with Crippen LogP contribution in [-0.2, 0) is 0 Å². The van der Waals surface area contributed by atoms with Crippen LogP contribution in [0.5, 0.6) is 0 Å². The molecule has 2 nitrogen and oxygen atoms in total. The van der Waals surface area contributed by atoms with Crippen LogP contribution in [0.25, 0.3) is 26.7 Å². The highest BCUT2D eigenvalue weighted by atomic mass is 32.1. The van der Waals surface area contributed by atoms with Crippen molar-refractivity contribution < 1.29 is 4.39 Å². The topological polar surface area (TPSA) is 17.3 Å². The average molecular weight is 294 g/mol. The third-order valence-corrected chi connectivity index (χ3v) is 4.56. The number of nitrogens with zero attached hydrogens (tertiary/aromatic N) is 2. The molecule has 1 aromatic carbocycles. The van der Waals surface area contributed by atoms with Gasteiger partial charge in [0.2, 0.25) is 0 Å². The predicted molar refractivity (Wildman–Crippen MR) is 83.9 cm³/mol. The van der Waals surface area contributed by atoms with Crippen LogP contribution in [0.4, 0.5) is 4.39 Å². The van der Waals surface area contributed by atoms with Crippen molar-refractivity contribution in [2.45, 2.75) is 0 Å². The Labute approximate surface area is 125 Å². The highest BCUT2D eigenvalue weighted by molar-refractivity contribution is 7.18. The lowest BCUT2D eigenvalue weighted by molar-refractivity contribution is 0.628. The quantitative estimate of drug-likeness (QED) is 0.515. The molecule has 0 bridgehead atoms. The third kappa shape index (κ3) is 2.14. The van der Waals surface area contributed by atoms with E-state index in [4.69, 9.17) is 0 Å². The lowest BCUT2D eigenvalue weighted by Gasteiger charge is -1.98. The van der Waals surface area contributed by atoms with Gasteiger partial charge in [0.25, 0.3) is 0 Å². The number of hydrogen-bond donors (Lipinski definition) is 0. The smallest absolute Gasteiger partial charge is 0.137 e. The first-order valence-corrected chi connectivity index (χ1v) is 7.41. The lowest BCUT2D eigenvalue weighted by Crippen LogP contribution is -1.84. The summed E-state index contributed by atoms with van der Waals surface area (Å²) in [6.45, 7) is 0. The molecule has 0 unspecified atom stereocenters. The molecule has 0 atom stereocenters. The zero-order valence-corrected chi connectivity index (χ0v) is 11.8. The van der Waals surface area contributed by atoms with Crippen molar-refractivity contribution in [3.05, 3.63) is 72.8 Å². The van der Waals surface area contributed by atoms with Crippen LogP contribution in [0.1, 0.15) is 0 Å². The number of fused-ring (bicyclic) bond motifs is 1. The first-order chi connectivity index (χ1) is 10.3. The molecule has 0 saturated heterocycles. The minimum Gasteiger partial charge on any atom is -0.299 e. The Hall–Kier alpha value is -2.46. The number of aromatic nitrogens is 2. The number of hydrogen-bond acceptors (Lipinski definition) is 2. The summed E-state index contributed by atoms with van der Waals surface area (Å²) in [5.41, 5.74) is 3.04. The van der Waals surface area contributed by atoms with E-state index in [1.165, 1.54) is 12.1 Å². The molecule has 4 rings (SSSR count). The first-order valence-electron chi connectivity index (χ1n) is 6.59. The van der Waals surface area contributed by atoms with Crippen LogP contribution in [0.15, 0.2) is 67.0 Å². The number of imidazole rings is 1. The molecule has 0 saturated carbocycles. The van der Waals surface area contributed by atoms with Gasteiger partial charge in [-0.05, 0) is 42.0 Å². The molecular weight excluding hydrogens is 283 g/mol. The van der Waals surface area contributed by atoms with Gasteiger partial charge in [0, 0.05) is 11.1 Å². The molecule has 0 fully saturated rings. The van der Waals surface area contributed by atoms with E-state index in [1.54, 1.807) is 23.5 Å². The second kappa shape index (κ2) is 4.82. The highest BCUT2D eigenvalue weighted by Crippen LogP contribution is 2.34. The van der Waals surface area contributed by atoms with E-state index in [0.717, 1.165) is 26.7 Å². The number of benzene rings is 1. The SMILES string of the molecule is Fc1ccc(-c2ccc(-c3cnc4ccccn34)s2)cc1. The summed E-state index contributed by atoms with van der Waals surface area (Å²) in [5.74, 6) is -0.211. The fourth-order valence-electron chi connectivity index (χ4n) is 2.36. The summed E-state index contributed by atoms with van der Waals surface area (Å²) in [6.07, 6.45) is 3.89. The van der Waals surface area contributed by atoms with Gasteiger partial charge in [-0.3, -0.25) is 4.40 Å². The average Bonchev–Trinajstić information content (AvgIpc) is 3.14. The Morgan fingerprint density at radius 2 is 1.71 bits per heavy atom. The number of rotatable bonds is 2. The maximum absolute atomic E-state index is 13.0. The van der Waals surface area contributed by atoms with Crippen molar-refractivity contribution in [2.24, 2.45) is 0 Å².